The number of nitrogens with zero attached hydrogens (tertiary/aromatic N) is 2. The van der Waals surface area contributed by atoms with Gasteiger partial charge in [-0.1, -0.05) is 23.9 Å². The number of hydrogen-bond acceptors (Lipinski definition) is 4. The Morgan fingerprint density at radius 3 is 2.69 bits per heavy atom. The molecule has 2 aromatic heterocycles. The Labute approximate surface area is 154 Å². The summed E-state index contributed by atoms with van der Waals surface area (Å²) in [6.45, 7) is 1.97. The lowest BCUT2D eigenvalue weighted by atomic mass is 10.2. The molecule has 0 aliphatic heterocycles. The highest BCUT2D eigenvalue weighted by Crippen LogP contribution is 2.29. The van der Waals surface area contributed by atoms with Gasteiger partial charge in [0.15, 0.2) is 5.16 Å². The number of pyridine rings is 1. The molecule has 4 nitrogen and oxygen atoms in total. The molecule has 130 valence electrons. The Morgan fingerprint density at radius 1 is 1.08 bits per heavy atom. The van der Waals surface area contributed by atoms with Crippen molar-refractivity contribution in [2.24, 2.45) is 0 Å². The molecule has 0 bridgehead atoms. The van der Waals surface area contributed by atoms with Crippen molar-refractivity contribution < 1.29 is 9.13 Å². The Hall–Kier alpha value is -2.86. The van der Waals surface area contributed by atoms with Crippen molar-refractivity contribution in [1.29, 1.82) is 0 Å². The minimum atomic E-state index is -0.285. The third-order valence-corrected chi connectivity index (χ3v) is 4.90. The smallest absolute Gasteiger partial charge is 0.166 e. The summed E-state index contributed by atoms with van der Waals surface area (Å²) < 4.78 is 18.9. The molecule has 0 aliphatic carbocycles. The topological polar surface area (TPSA) is 50.8 Å². The summed E-state index contributed by atoms with van der Waals surface area (Å²) in [5, 5.41) is 0.859. The van der Waals surface area contributed by atoms with Crippen LogP contribution in [0.5, 0.6) is 11.5 Å². The first kappa shape index (κ1) is 16.6. The molecule has 6 heteroatoms. The largest absolute Gasteiger partial charge is 0.457 e. The molecule has 0 radical (unpaired) electrons. The van der Waals surface area contributed by atoms with E-state index in [2.05, 4.69) is 15.0 Å². The van der Waals surface area contributed by atoms with Crippen LogP contribution in [0.3, 0.4) is 0 Å². The van der Waals surface area contributed by atoms with E-state index in [1.165, 1.54) is 12.1 Å². The molecule has 0 amide bonds. The van der Waals surface area contributed by atoms with Crippen LogP contribution < -0.4 is 4.74 Å². The van der Waals surface area contributed by atoms with Gasteiger partial charge in [0.25, 0.3) is 0 Å². The van der Waals surface area contributed by atoms with Crippen LogP contribution in [0.2, 0.25) is 0 Å². The maximum atomic E-state index is 13.0. The van der Waals surface area contributed by atoms with Crippen LogP contribution in [-0.2, 0) is 5.75 Å². The summed E-state index contributed by atoms with van der Waals surface area (Å²) in [6, 6.07) is 15.7. The number of H-pyrrole nitrogens is 1. The number of ether oxygens (including phenoxy) is 1. The molecular weight excluding hydrogens is 349 g/mol. The monoisotopic (exact) mass is 365 g/mol. The fraction of sp³-hybridized carbons (Fsp3) is 0.100. The first-order valence-corrected chi connectivity index (χ1v) is 9.13. The molecule has 4 aromatic rings. The lowest BCUT2D eigenvalue weighted by Crippen LogP contribution is -1.96. The summed E-state index contributed by atoms with van der Waals surface area (Å²) in [5.41, 5.74) is 3.86. The molecule has 0 saturated carbocycles. The van der Waals surface area contributed by atoms with Gasteiger partial charge in [-0.3, -0.25) is 4.98 Å². The number of thioether (sulfide) groups is 1. The van der Waals surface area contributed by atoms with E-state index in [1.54, 1.807) is 30.1 Å². The van der Waals surface area contributed by atoms with Crippen LogP contribution in [0.4, 0.5) is 4.39 Å². The average Bonchev–Trinajstić information content (AvgIpc) is 3.07. The summed E-state index contributed by atoms with van der Waals surface area (Å²) in [7, 11) is 0. The lowest BCUT2D eigenvalue weighted by molar-refractivity contribution is 0.475. The number of benzene rings is 2. The number of rotatable bonds is 5. The maximum absolute atomic E-state index is 13.0. The summed E-state index contributed by atoms with van der Waals surface area (Å²) >= 11 is 1.60. The molecule has 2 aromatic carbocycles. The zero-order chi connectivity index (χ0) is 17.9. The van der Waals surface area contributed by atoms with E-state index in [-0.39, 0.29) is 5.82 Å². The lowest BCUT2D eigenvalue weighted by Gasteiger charge is -2.11. The first-order chi connectivity index (χ1) is 12.7. The summed E-state index contributed by atoms with van der Waals surface area (Å²) in [4.78, 5) is 12.3. The normalized spacial score (nSPS) is 11.0. The van der Waals surface area contributed by atoms with Crippen molar-refractivity contribution >= 4 is 22.8 Å². The van der Waals surface area contributed by atoms with Gasteiger partial charge in [0.05, 0.1) is 16.7 Å². The highest BCUT2D eigenvalue weighted by molar-refractivity contribution is 7.98. The van der Waals surface area contributed by atoms with E-state index < -0.39 is 0 Å². The summed E-state index contributed by atoms with van der Waals surface area (Å²) in [6.07, 6.45) is 1.72. The van der Waals surface area contributed by atoms with Gasteiger partial charge in [-0.15, -0.1) is 0 Å². The van der Waals surface area contributed by atoms with Gasteiger partial charge < -0.3 is 9.72 Å². The number of halogens is 1. The number of aromatic nitrogens is 3. The zero-order valence-corrected chi connectivity index (χ0v) is 14.9. The third kappa shape index (κ3) is 3.55. The van der Waals surface area contributed by atoms with Gasteiger partial charge in [-0.05, 0) is 49.4 Å². The fourth-order valence-corrected chi connectivity index (χ4v) is 3.49. The standard InChI is InChI=1S/C20H16FN3OS/c1-13-18(12-26-20-23-16-4-2-3-5-17(16)24-20)22-11-10-19(13)25-15-8-6-14(21)7-9-15/h2-11H,12H2,1H3,(H,23,24). The first-order valence-electron chi connectivity index (χ1n) is 8.14. The second-order valence-corrected chi connectivity index (χ2v) is 6.75. The molecule has 0 fully saturated rings. The van der Waals surface area contributed by atoms with E-state index in [4.69, 9.17) is 4.74 Å². The molecule has 26 heavy (non-hydrogen) atoms. The summed E-state index contributed by atoms with van der Waals surface area (Å²) in [5.74, 6) is 1.70. The van der Waals surface area contributed by atoms with Gasteiger partial charge in [-0.25, -0.2) is 9.37 Å². The molecule has 2 heterocycles. The quantitative estimate of drug-likeness (QED) is 0.475. The molecule has 0 saturated heterocycles. The zero-order valence-electron chi connectivity index (χ0n) is 14.1. The van der Waals surface area contributed by atoms with E-state index in [1.807, 2.05) is 37.3 Å². The minimum Gasteiger partial charge on any atom is -0.457 e. The molecule has 1 N–H and O–H groups in total. The van der Waals surface area contributed by atoms with Gasteiger partial charge in [0, 0.05) is 17.5 Å². The van der Waals surface area contributed by atoms with Gasteiger partial charge in [0.1, 0.15) is 17.3 Å². The molecular formula is C20H16FN3OS. The van der Waals surface area contributed by atoms with Crippen molar-refractivity contribution in [2.45, 2.75) is 17.8 Å². The van der Waals surface area contributed by atoms with Crippen LogP contribution in [0.25, 0.3) is 11.0 Å². The Bertz CT molecular complexity index is 1010. The number of nitrogens with one attached hydrogen (secondary N) is 1. The van der Waals surface area contributed by atoms with E-state index in [9.17, 15) is 4.39 Å². The Kier molecular flexibility index (Phi) is 4.58. The van der Waals surface area contributed by atoms with Crippen molar-refractivity contribution in [2.75, 3.05) is 0 Å². The van der Waals surface area contributed by atoms with Crippen LogP contribution >= 0.6 is 11.8 Å². The minimum absolute atomic E-state index is 0.285. The SMILES string of the molecule is Cc1c(Oc2ccc(F)cc2)ccnc1CSc1nc2ccccc2[nH]1. The van der Waals surface area contributed by atoms with E-state index in [0.717, 1.165) is 27.4 Å². The molecule has 0 aliphatic rings. The van der Waals surface area contributed by atoms with Crippen LogP contribution in [0.1, 0.15) is 11.3 Å². The number of aromatic amines is 1. The van der Waals surface area contributed by atoms with Gasteiger partial charge >= 0.3 is 0 Å². The van der Waals surface area contributed by atoms with Crippen molar-refractivity contribution in [3.63, 3.8) is 0 Å². The molecule has 0 unspecified atom stereocenters. The van der Waals surface area contributed by atoms with Crippen LogP contribution in [-0.4, -0.2) is 15.0 Å². The second kappa shape index (κ2) is 7.17. The predicted molar refractivity (Wildman–Crippen MR) is 101 cm³/mol. The van der Waals surface area contributed by atoms with Crippen LogP contribution in [0.15, 0.2) is 66.0 Å². The average molecular weight is 365 g/mol. The number of hydrogen-bond donors (Lipinski definition) is 1. The van der Waals surface area contributed by atoms with Gasteiger partial charge in [0.2, 0.25) is 0 Å². The molecule has 0 atom stereocenters. The predicted octanol–water partition coefficient (Wildman–Crippen LogP) is 5.49. The number of imidazole rings is 1. The van der Waals surface area contributed by atoms with Crippen molar-refractivity contribution in [3.05, 3.63) is 77.9 Å². The molecule has 4 rings (SSSR count). The van der Waals surface area contributed by atoms with Crippen molar-refractivity contribution in [1.82, 2.24) is 15.0 Å². The highest BCUT2D eigenvalue weighted by atomic mass is 32.2. The number of fused-ring (bicyclic) bond motifs is 1. The Balaban J connectivity index is 1.50. The van der Waals surface area contributed by atoms with Crippen molar-refractivity contribution in [3.8, 4) is 11.5 Å². The fourth-order valence-electron chi connectivity index (χ4n) is 2.58. The van der Waals surface area contributed by atoms with Crippen LogP contribution in [0, 0.1) is 12.7 Å². The Morgan fingerprint density at radius 2 is 1.88 bits per heavy atom. The highest BCUT2D eigenvalue weighted by Gasteiger charge is 2.10. The molecule has 0 spiro atoms. The number of para-hydroxylation sites is 2. The van der Waals surface area contributed by atoms with Gasteiger partial charge in [-0.2, -0.15) is 0 Å². The second-order valence-electron chi connectivity index (χ2n) is 5.78. The van der Waals surface area contributed by atoms with E-state index >= 15 is 0 Å². The maximum Gasteiger partial charge on any atom is 0.166 e. The van der Waals surface area contributed by atoms with E-state index in [0.29, 0.717) is 17.3 Å². The third-order valence-electron chi connectivity index (χ3n) is 4.01.